The van der Waals surface area contributed by atoms with Crippen LogP contribution in [-0.2, 0) is 11.3 Å². The van der Waals surface area contributed by atoms with E-state index in [1.165, 1.54) is 19.3 Å². The van der Waals surface area contributed by atoms with Crippen LogP contribution in [0.2, 0.25) is 0 Å². The van der Waals surface area contributed by atoms with Crippen molar-refractivity contribution in [3.8, 4) is 0 Å². The fourth-order valence-electron chi connectivity index (χ4n) is 2.37. The van der Waals surface area contributed by atoms with Gasteiger partial charge in [-0.05, 0) is 49.9 Å². The molecule has 2 rings (SSSR count). The first-order valence-corrected chi connectivity index (χ1v) is 6.97. The van der Waals surface area contributed by atoms with Crippen molar-refractivity contribution in [1.29, 1.82) is 0 Å². The molecule has 1 saturated heterocycles. The van der Waals surface area contributed by atoms with Gasteiger partial charge in [0.1, 0.15) is 0 Å². The van der Waals surface area contributed by atoms with Gasteiger partial charge in [0, 0.05) is 18.7 Å². The molecule has 4 nitrogen and oxygen atoms in total. The van der Waals surface area contributed by atoms with Crippen LogP contribution in [0.4, 0.5) is 0 Å². The predicted octanol–water partition coefficient (Wildman–Crippen LogP) is 1.83. The number of carbonyl (C=O) groups is 1. The third-order valence-corrected chi connectivity index (χ3v) is 3.46. The summed E-state index contributed by atoms with van der Waals surface area (Å²) in [5, 5.41) is 3.38. The highest BCUT2D eigenvalue weighted by molar-refractivity contribution is 5.92. The molecule has 0 aliphatic carbocycles. The van der Waals surface area contributed by atoms with Gasteiger partial charge in [0.25, 0.3) is 0 Å². The van der Waals surface area contributed by atoms with Gasteiger partial charge in [-0.1, -0.05) is 12.1 Å². The Balaban J connectivity index is 1.70. The average molecular weight is 262 g/mol. The van der Waals surface area contributed by atoms with Crippen molar-refractivity contribution in [2.24, 2.45) is 5.73 Å². The van der Waals surface area contributed by atoms with E-state index in [4.69, 9.17) is 10.5 Å². The fourth-order valence-corrected chi connectivity index (χ4v) is 2.37. The van der Waals surface area contributed by atoms with Crippen LogP contribution in [-0.4, -0.2) is 25.2 Å². The standard InChI is InChI=1S/C15H22N2O2/c16-15(18)13-5-3-4-12(10-13)11-17-8-7-14-6-1-2-9-19-14/h3-5,10,14,17H,1-2,6-9,11H2,(H2,16,18). The minimum absolute atomic E-state index is 0.377. The van der Waals surface area contributed by atoms with Crippen molar-refractivity contribution >= 4 is 5.91 Å². The molecule has 0 radical (unpaired) electrons. The third-order valence-electron chi connectivity index (χ3n) is 3.46. The van der Waals surface area contributed by atoms with E-state index in [1.807, 2.05) is 18.2 Å². The molecule has 3 N–H and O–H groups in total. The van der Waals surface area contributed by atoms with Gasteiger partial charge in [-0.2, -0.15) is 0 Å². The van der Waals surface area contributed by atoms with Crippen molar-refractivity contribution in [3.05, 3.63) is 35.4 Å². The Labute approximate surface area is 114 Å². The number of ether oxygens (including phenoxy) is 1. The predicted molar refractivity (Wildman–Crippen MR) is 74.9 cm³/mol. The Morgan fingerprint density at radius 3 is 3.05 bits per heavy atom. The van der Waals surface area contributed by atoms with Gasteiger partial charge in [0.2, 0.25) is 5.91 Å². The Kier molecular flexibility index (Phi) is 5.36. The van der Waals surface area contributed by atoms with E-state index >= 15 is 0 Å². The summed E-state index contributed by atoms with van der Waals surface area (Å²) >= 11 is 0. The summed E-state index contributed by atoms with van der Waals surface area (Å²) in [7, 11) is 0. The number of nitrogens with one attached hydrogen (secondary N) is 1. The van der Waals surface area contributed by atoms with Crippen molar-refractivity contribution in [3.63, 3.8) is 0 Å². The second kappa shape index (κ2) is 7.26. The average Bonchev–Trinajstić information content (AvgIpc) is 2.45. The molecule has 0 bridgehead atoms. The Bertz CT molecular complexity index is 414. The van der Waals surface area contributed by atoms with Crippen LogP contribution in [0.15, 0.2) is 24.3 Å². The van der Waals surface area contributed by atoms with Gasteiger partial charge in [0.15, 0.2) is 0 Å². The lowest BCUT2D eigenvalue weighted by Crippen LogP contribution is -2.25. The molecule has 1 amide bonds. The van der Waals surface area contributed by atoms with E-state index in [9.17, 15) is 4.79 Å². The van der Waals surface area contributed by atoms with Gasteiger partial charge in [-0.3, -0.25) is 4.79 Å². The lowest BCUT2D eigenvalue weighted by molar-refractivity contribution is 0.0115. The zero-order valence-corrected chi connectivity index (χ0v) is 11.2. The van der Waals surface area contributed by atoms with E-state index in [0.29, 0.717) is 11.7 Å². The molecule has 0 spiro atoms. The first kappa shape index (κ1) is 14.0. The topological polar surface area (TPSA) is 64.4 Å². The highest BCUT2D eigenvalue weighted by atomic mass is 16.5. The second-order valence-electron chi connectivity index (χ2n) is 5.02. The smallest absolute Gasteiger partial charge is 0.248 e. The van der Waals surface area contributed by atoms with Crippen LogP contribution >= 0.6 is 0 Å². The summed E-state index contributed by atoms with van der Waals surface area (Å²) in [6, 6.07) is 7.44. The summed E-state index contributed by atoms with van der Waals surface area (Å²) in [6.07, 6.45) is 5.13. The summed E-state index contributed by atoms with van der Waals surface area (Å²) in [4.78, 5) is 11.1. The van der Waals surface area contributed by atoms with Gasteiger partial charge < -0.3 is 15.8 Å². The zero-order valence-electron chi connectivity index (χ0n) is 11.2. The molecule has 1 unspecified atom stereocenters. The highest BCUT2D eigenvalue weighted by Gasteiger charge is 2.12. The molecular weight excluding hydrogens is 240 g/mol. The van der Waals surface area contributed by atoms with E-state index in [0.717, 1.165) is 31.7 Å². The Morgan fingerprint density at radius 1 is 1.42 bits per heavy atom. The highest BCUT2D eigenvalue weighted by Crippen LogP contribution is 2.14. The van der Waals surface area contributed by atoms with Gasteiger partial charge in [-0.15, -0.1) is 0 Å². The largest absolute Gasteiger partial charge is 0.378 e. The molecule has 1 aromatic carbocycles. The molecule has 4 heteroatoms. The Hall–Kier alpha value is -1.39. The molecule has 0 aromatic heterocycles. The lowest BCUT2D eigenvalue weighted by atomic mass is 10.1. The summed E-state index contributed by atoms with van der Waals surface area (Å²) in [6.45, 7) is 2.60. The monoisotopic (exact) mass is 262 g/mol. The SMILES string of the molecule is NC(=O)c1cccc(CNCCC2CCCCO2)c1. The number of rotatable bonds is 6. The first-order chi connectivity index (χ1) is 9.25. The first-order valence-electron chi connectivity index (χ1n) is 6.97. The number of hydrogen-bond donors (Lipinski definition) is 2. The van der Waals surface area contributed by atoms with Crippen molar-refractivity contribution in [2.75, 3.05) is 13.2 Å². The molecule has 19 heavy (non-hydrogen) atoms. The van der Waals surface area contributed by atoms with Crippen LogP contribution in [0.5, 0.6) is 0 Å². The summed E-state index contributed by atoms with van der Waals surface area (Å²) < 4.78 is 5.68. The molecule has 1 aromatic rings. The zero-order chi connectivity index (χ0) is 13.5. The maximum atomic E-state index is 11.1. The molecular formula is C15H22N2O2. The maximum absolute atomic E-state index is 11.1. The minimum Gasteiger partial charge on any atom is -0.378 e. The molecule has 1 fully saturated rings. The van der Waals surface area contributed by atoms with E-state index in [-0.39, 0.29) is 5.91 Å². The number of nitrogens with two attached hydrogens (primary N) is 1. The number of hydrogen-bond acceptors (Lipinski definition) is 3. The maximum Gasteiger partial charge on any atom is 0.248 e. The van der Waals surface area contributed by atoms with Crippen LogP contribution < -0.4 is 11.1 Å². The van der Waals surface area contributed by atoms with Crippen LogP contribution in [0.3, 0.4) is 0 Å². The van der Waals surface area contributed by atoms with Crippen LogP contribution in [0.25, 0.3) is 0 Å². The molecule has 0 saturated carbocycles. The van der Waals surface area contributed by atoms with Gasteiger partial charge in [0.05, 0.1) is 6.10 Å². The van der Waals surface area contributed by atoms with Crippen LogP contribution in [0, 0.1) is 0 Å². The van der Waals surface area contributed by atoms with Gasteiger partial charge >= 0.3 is 0 Å². The quantitative estimate of drug-likeness (QED) is 0.769. The van der Waals surface area contributed by atoms with E-state index in [2.05, 4.69) is 5.32 Å². The number of primary amides is 1. The van der Waals surface area contributed by atoms with Crippen LogP contribution in [0.1, 0.15) is 41.6 Å². The van der Waals surface area contributed by atoms with Crippen molar-refractivity contribution in [1.82, 2.24) is 5.32 Å². The third kappa shape index (κ3) is 4.65. The second-order valence-corrected chi connectivity index (χ2v) is 5.02. The van der Waals surface area contributed by atoms with Crippen molar-refractivity contribution < 1.29 is 9.53 Å². The molecule has 1 atom stereocenters. The van der Waals surface area contributed by atoms with Gasteiger partial charge in [-0.25, -0.2) is 0 Å². The normalized spacial score (nSPS) is 19.3. The summed E-state index contributed by atoms with van der Waals surface area (Å²) in [5.74, 6) is -0.377. The number of amides is 1. The fraction of sp³-hybridized carbons (Fsp3) is 0.533. The Morgan fingerprint density at radius 2 is 2.32 bits per heavy atom. The summed E-state index contributed by atoms with van der Waals surface area (Å²) in [5.41, 5.74) is 6.91. The molecule has 1 aliphatic heterocycles. The lowest BCUT2D eigenvalue weighted by Gasteiger charge is -2.22. The van der Waals surface area contributed by atoms with E-state index < -0.39 is 0 Å². The number of benzene rings is 1. The molecule has 1 aliphatic rings. The molecule has 1 heterocycles. The van der Waals surface area contributed by atoms with E-state index in [1.54, 1.807) is 6.07 Å². The number of carbonyl (C=O) groups excluding carboxylic acids is 1. The van der Waals surface area contributed by atoms with Crippen molar-refractivity contribution in [2.45, 2.75) is 38.3 Å². The minimum atomic E-state index is -0.377. The molecule has 104 valence electrons.